The summed E-state index contributed by atoms with van der Waals surface area (Å²) in [5, 5.41) is 2.48. The first kappa shape index (κ1) is 15.3. The lowest BCUT2D eigenvalue weighted by molar-refractivity contribution is -0.126. The van der Waals surface area contributed by atoms with E-state index in [1.807, 2.05) is 0 Å². The lowest BCUT2D eigenvalue weighted by Gasteiger charge is -2.18. The summed E-state index contributed by atoms with van der Waals surface area (Å²) in [5.41, 5.74) is 0.530. The maximum atomic E-state index is 11.4. The predicted molar refractivity (Wildman–Crippen MR) is 73.8 cm³/mol. The van der Waals surface area contributed by atoms with Crippen LogP contribution in [0.2, 0.25) is 0 Å². The molecule has 0 spiro atoms. The average Bonchev–Trinajstić information content (AvgIpc) is 2.36. The number of hydrogen-bond acceptors (Lipinski definition) is 4. The Labute approximate surface area is 113 Å². The van der Waals surface area contributed by atoms with Crippen molar-refractivity contribution in [1.29, 1.82) is 0 Å². The molecule has 0 aliphatic carbocycles. The van der Waals surface area contributed by atoms with Crippen molar-refractivity contribution in [3.05, 3.63) is 24.3 Å². The summed E-state index contributed by atoms with van der Waals surface area (Å²) in [4.78, 5) is 11.3. The average molecular weight is 286 g/mol. The van der Waals surface area contributed by atoms with E-state index in [0.717, 1.165) is 6.26 Å². The van der Waals surface area contributed by atoms with Gasteiger partial charge >= 0.3 is 0 Å². The quantitative estimate of drug-likeness (QED) is 0.860. The van der Waals surface area contributed by atoms with Crippen LogP contribution in [0.3, 0.4) is 0 Å². The molecule has 1 rings (SSSR count). The zero-order chi connectivity index (χ0) is 14.6. The zero-order valence-electron chi connectivity index (χ0n) is 11.4. The third-order valence-corrected chi connectivity index (χ3v) is 3.83. The Balaban J connectivity index is 2.80. The molecule has 0 aliphatic heterocycles. The number of benzene rings is 1. The summed E-state index contributed by atoms with van der Waals surface area (Å²) >= 11 is 0. The van der Waals surface area contributed by atoms with E-state index in [0.29, 0.717) is 11.4 Å². The van der Waals surface area contributed by atoms with Gasteiger partial charge in [0.25, 0.3) is 5.91 Å². The van der Waals surface area contributed by atoms with Crippen LogP contribution in [-0.2, 0) is 14.8 Å². The molecular weight excluding hydrogens is 268 g/mol. The van der Waals surface area contributed by atoms with Crippen molar-refractivity contribution in [2.45, 2.75) is 13.0 Å². The van der Waals surface area contributed by atoms with Gasteiger partial charge in [-0.3, -0.25) is 9.10 Å². The van der Waals surface area contributed by atoms with E-state index in [1.165, 1.54) is 18.4 Å². The molecule has 0 saturated carbocycles. The monoisotopic (exact) mass is 286 g/mol. The first-order valence-electron chi connectivity index (χ1n) is 5.68. The molecule has 0 bridgehead atoms. The predicted octanol–water partition coefficient (Wildman–Crippen LogP) is 0.596. The largest absolute Gasteiger partial charge is 0.481 e. The summed E-state index contributed by atoms with van der Waals surface area (Å²) < 4.78 is 29.3. The number of rotatable bonds is 5. The van der Waals surface area contributed by atoms with E-state index >= 15 is 0 Å². The van der Waals surface area contributed by atoms with Crippen molar-refractivity contribution in [2.24, 2.45) is 0 Å². The van der Waals surface area contributed by atoms with E-state index in [-0.39, 0.29) is 5.91 Å². The molecule has 1 unspecified atom stereocenters. The van der Waals surface area contributed by atoms with E-state index in [2.05, 4.69) is 5.32 Å². The van der Waals surface area contributed by atoms with E-state index in [4.69, 9.17) is 4.74 Å². The van der Waals surface area contributed by atoms with Gasteiger partial charge in [-0.25, -0.2) is 8.42 Å². The summed E-state index contributed by atoms with van der Waals surface area (Å²) in [6.45, 7) is 1.63. The number of nitrogens with zero attached hydrogens (tertiary/aromatic N) is 1. The Kier molecular flexibility index (Phi) is 4.77. The van der Waals surface area contributed by atoms with Crippen LogP contribution >= 0.6 is 0 Å². The second-order valence-electron chi connectivity index (χ2n) is 4.10. The Hall–Kier alpha value is -1.76. The number of carbonyl (C=O) groups excluding carboxylic acids is 1. The normalized spacial score (nSPS) is 12.6. The number of nitrogens with one attached hydrogen (secondary N) is 1. The van der Waals surface area contributed by atoms with E-state index in [1.54, 1.807) is 31.2 Å². The highest BCUT2D eigenvalue weighted by Gasteiger charge is 2.14. The van der Waals surface area contributed by atoms with Crippen LogP contribution in [0.1, 0.15) is 6.92 Å². The van der Waals surface area contributed by atoms with Crippen molar-refractivity contribution in [1.82, 2.24) is 5.32 Å². The van der Waals surface area contributed by atoms with Crippen molar-refractivity contribution < 1.29 is 17.9 Å². The second-order valence-corrected chi connectivity index (χ2v) is 6.11. The highest BCUT2D eigenvalue weighted by atomic mass is 32.2. The first-order valence-corrected chi connectivity index (χ1v) is 7.52. The molecule has 19 heavy (non-hydrogen) atoms. The van der Waals surface area contributed by atoms with Crippen molar-refractivity contribution in [3.63, 3.8) is 0 Å². The van der Waals surface area contributed by atoms with Gasteiger partial charge in [-0.1, -0.05) is 0 Å². The minimum atomic E-state index is -3.28. The molecule has 0 aromatic heterocycles. The van der Waals surface area contributed by atoms with Crippen molar-refractivity contribution >= 4 is 21.6 Å². The minimum absolute atomic E-state index is 0.225. The third kappa shape index (κ3) is 4.13. The van der Waals surface area contributed by atoms with E-state index < -0.39 is 16.1 Å². The summed E-state index contributed by atoms with van der Waals surface area (Å²) in [6, 6.07) is 6.48. The van der Waals surface area contributed by atoms with Gasteiger partial charge in [0.1, 0.15) is 5.75 Å². The molecule has 1 N–H and O–H groups in total. The SMILES string of the molecule is CNC(=O)C(C)Oc1ccc(N(C)S(C)(=O)=O)cc1. The molecule has 6 nitrogen and oxygen atoms in total. The van der Waals surface area contributed by atoms with Crippen LogP contribution < -0.4 is 14.4 Å². The molecule has 0 saturated heterocycles. The smallest absolute Gasteiger partial charge is 0.260 e. The van der Waals surface area contributed by atoms with Gasteiger partial charge in [0.15, 0.2) is 6.10 Å². The molecule has 1 aromatic carbocycles. The molecule has 0 fully saturated rings. The fraction of sp³-hybridized carbons (Fsp3) is 0.417. The van der Waals surface area contributed by atoms with Crippen LogP contribution in [0.4, 0.5) is 5.69 Å². The fourth-order valence-corrected chi connectivity index (χ4v) is 1.89. The van der Waals surface area contributed by atoms with Crippen LogP contribution in [0.15, 0.2) is 24.3 Å². The number of amides is 1. The fourth-order valence-electron chi connectivity index (χ4n) is 1.39. The third-order valence-electron chi connectivity index (χ3n) is 2.63. The molecule has 0 heterocycles. The Morgan fingerprint density at radius 3 is 2.26 bits per heavy atom. The maximum Gasteiger partial charge on any atom is 0.260 e. The summed E-state index contributed by atoms with van der Waals surface area (Å²) in [5.74, 6) is 0.277. The van der Waals surface area contributed by atoms with Crippen molar-refractivity contribution in [2.75, 3.05) is 24.7 Å². The number of hydrogen-bond donors (Lipinski definition) is 1. The summed E-state index contributed by atoms with van der Waals surface area (Å²) in [6.07, 6.45) is 0.522. The lowest BCUT2D eigenvalue weighted by Crippen LogP contribution is -2.33. The number of carbonyl (C=O) groups is 1. The van der Waals surface area contributed by atoms with Crippen LogP contribution in [0, 0.1) is 0 Å². The number of ether oxygens (including phenoxy) is 1. The van der Waals surface area contributed by atoms with Gasteiger partial charge in [0, 0.05) is 14.1 Å². The van der Waals surface area contributed by atoms with Crippen LogP contribution in [0.5, 0.6) is 5.75 Å². The zero-order valence-corrected chi connectivity index (χ0v) is 12.2. The second kappa shape index (κ2) is 5.92. The van der Waals surface area contributed by atoms with Gasteiger partial charge < -0.3 is 10.1 Å². The van der Waals surface area contributed by atoms with Crippen LogP contribution in [0.25, 0.3) is 0 Å². The standard InChI is InChI=1S/C12H18N2O4S/c1-9(12(15)13-2)18-11-7-5-10(6-8-11)14(3)19(4,16)17/h5-9H,1-4H3,(H,13,15). The number of sulfonamides is 1. The summed E-state index contributed by atoms with van der Waals surface area (Å²) in [7, 11) is -0.276. The topological polar surface area (TPSA) is 75.7 Å². The first-order chi connectivity index (χ1) is 8.75. The van der Waals surface area contributed by atoms with Gasteiger partial charge in [-0.2, -0.15) is 0 Å². The molecule has 1 aromatic rings. The molecule has 0 aliphatic rings. The molecule has 7 heteroatoms. The Bertz CT molecular complexity index is 539. The highest BCUT2D eigenvalue weighted by molar-refractivity contribution is 7.92. The minimum Gasteiger partial charge on any atom is -0.481 e. The van der Waals surface area contributed by atoms with Crippen molar-refractivity contribution in [3.8, 4) is 5.75 Å². The number of likely N-dealkylation sites (N-methyl/N-ethyl adjacent to an activating group) is 1. The Morgan fingerprint density at radius 2 is 1.84 bits per heavy atom. The van der Waals surface area contributed by atoms with E-state index in [9.17, 15) is 13.2 Å². The Morgan fingerprint density at radius 1 is 1.32 bits per heavy atom. The molecule has 1 atom stereocenters. The molecule has 1 amide bonds. The van der Waals surface area contributed by atoms with Crippen LogP contribution in [-0.4, -0.2) is 40.8 Å². The molecular formula is C12H18N2O4S. The van der Waals surface area contributed by atoms with Gasteiger partial charge in [0.05, 0.1) is 11.9 Å². The number of anilines is 1. The van der Waals surface area contributed by atoms with Gasteiger partial charge in [0.2, 0.25) is 10.0 Å². The van der Waals surface area contributed by atoms with Gasteiger partial charge in [-0.05, 0) is 31.2 Å². The van der Waals surface area contributed by atoms with Gasteiger partial charge in [-0.15, -0.1) is 0 Å². The maximum absolute atomic E-state index is 11.4. The molecule has 0 radical (unpaired) electrons. The molecule has 106 valence electrons. The lowest BCUT2D eigenvalue weighted by atomic mass is 10.3. The highest BCUT2D eigenvalue weighted by Crippen LogP contribution is 2.20.